The molecule has 168 valence electrons. The standard InChI is InChI=1S/C25H22N2O4S2/c1-16-2-9-24(32-16)33(30,31)15-19(28)14-17-3-5-18(6-4-17)27-13-11-20-21-10-12-26-23(21)8-7-22(20)25(27)29/h2-9,11,13,26H,10,12,14-15H2,1H3. The Kier molecular flexibility index (Phi) is 5.42. The number of Topliss-reactive ketones (excluding diaryl/α,β-unsaturated/α-hetero) is 1. The number of anilines is 1. The molecule has 2 aromatic heterocycles. The molecule has 0 saturated carbocycles. The van der Waals surface area contributed by atoms with Gasteiger partial charge in [0.25, 0.3) is 5.56 Å². The van der Waals surface area contributed by atoms with E-state index >= 15 is 0 Å². The lowest BCUT2D eigenvalue weighted by Crippen LogP contribution is -2.18. The lowest BCUT2D eigenvalue weighted by molar-refractivity contribution is -0.116. The molecule has 0 saturated heterocycles. The van der Waals surface area contributed by atoms with Gasteiger partial charge in [-0.25, -0.2) is 8.42 Å². The SMILES string of the molecule is Cc1ccc(S(=O)(=O)CC(=O)Cc2ccc(-n3ccc4c5c(ccc4c3=O)NCC5)cc2)s1. The zero-order chi connectivity index (χ0) is 23.2. The monoisotopic (exact) mass is 478 g/mol. The Morgan fingerprint density at radius 2 is 1.82 bits per heavy atom. The molecule has 6 nitrogen and oxygen atoms in total. The van der Waals surface area contributed by atoms with Crippen molar-refractivity contribution in [1.29, 1.82) is 0 Å². The molecular weight excluding hydrogens is 456 g/mol. The first-order valence-corrected chi connectivity index (χ1v) is 13.1. The number of hydrogen-bond acceptors (Lipinski definition) is 6. The summed E-state index contributed by atoms with van der Waals surface area (Å²) in [4.78, 5) is 26.4. The molecule has 4 aromatic rings. The van der Waals surface area contributed by atoms with Crippen LogP contribution < -0.4 is 10.9 Å². The maximum Gasteiger partial charge on any atom is 0.262 e. The highest BCUT2D eigenvalue weighted by atomic mass is 32.2. The molecule has 2 aromatic carbocycles. The van der Waals surface area contributed by atoms with Gasteiger partial charge in [0, 0.05) is 40.8 Å². The molecule has 3 heterocycles. The van der Waals surface area contributed by atoms with Crippen molar-refractivity contribution in [2.75, 3.05) is 17.6 Å². The maximum absolute atomic E-state index is 13.1. The van der Waals surface area contributed by atoms with Gasteiger partial charge in [-0.15, -0.1) is 11.3 Å². The van der Waals surface area contributed by atoms with Gasteiger partial charge in [-0.1, -0.05) is 12.1 Å². The van der Waals surface area contributed by atoms with Crippen molar-refractivity contribution in [2.24, 2.45) is 0 Å². The highest BCUT2D eigenvalue weighted by Gasteiger charge is 2.21. The number of nitrogens with zero attached hydrogens (tertiary/aromatic N) is 1. The van der Waals surface area contributed by atoms with E-state index in [1.807, 2.05) is 25.1 Å². The second kappa shape index (κ2) is 8.28. The molecule has 0 unspecified atom stereocenters. The minimum atomic E-state index is -3.62. The van der Waals surface area contributed by atoms with E-state index in [1.54, 1.807) is 47.2 Å². The van der Waals surface area contributed by atoms with Crippen LogP contribution in [0.3, 0.4) is 0 Å². The van der Waals surface area contributed by atoms with Gasteiger partial charge in [0.1, 0.15) is 9.96 Å². The summed E-state index contributed by atoms with van der Waals surface area (Å²) in [6.45, 7) is 2.71. The first-order chi connectivity index (χ1) is 15.8. The van der Waals surface area contributed by atoms with E-state index in [4.69, 9.17) is 0 Å². The normalized spacial score (nSPS) is 13.1. The average Bonchev–Trinajstić information content (AvgIpc) is 3.44. The minimum Gasteiger partial charge on any atom is -0.384 e. The number of sulfone groups is 1. The van der Waals surface area contributed by atoms with Crippen LogP contribution in [0, 0.1) is 6.92 Å². The lowest BCUT2D eigenvalue weighted by Gasteiger charge is -2.10. The van der Waals surface area contributed by atoms with E-state index in [2.05, 4.69) is 5.32 Å². The molecular formula is C25H22N2O4S2. The fourth-order valence-corrected chi connectivity index (χ4v) is 6.88. The Bertz CT molecular complexity index is 1550. The fraction of sp³-hybridized carbons (Fsp3) is 0.200. The Balaban J connectivity index is 1.35. The van der Waals surface area contributed by atoms with Crippen LogP contribution in [0.4, 0.5) is 5.69 Å². The summed E-state index contributed by atoms with van der Waals surface area (Å²) in [5.74, 6) is -0.878. The fourth-order valence-electron chi connectivity index (χ4n) is 4.26. The summed E-state index contributed by atoms with van der Waals surface area (Å²) in [7, 11) is -3.62. The van der Waals surface area contributed by atoms with E-state index in [0.29, 0.717) is 16.6 Å². The zero-order valence-corrected chi connectivity index (χ0v) is 19.6. The second-order valence-corrected chi connectivity index (χ2v) is 11.7. The molecule has 1 aliphatic heterocycles. The van der Waals surface area contributed by atoms with Gasteiger partial charge in [0.15, 0.2) is 15.6 Å². The van der Waals surface area contributed by atoms with E-state index < -0.39 is 15.6 Å². The molecule has 1 aliphatic rings. The largest absolute Gasteiger partial charge is 0.384 e. The number of carbonyl (C=O) groups excluding carboxylic acids is 1. The van der Waals surface area contributed by atoms with Gasteiger partial charge in [0.05, 0.1) is 0 Å². The topological polar surface area (TPSA) is 85.2 Å². The van der Waals surface area contributed by atoms with Crippen molar-refractivity contribution in [3.05, 3.63) is 87.2 Å². The van der Waals surface area contributed by atoms with Gasteiger partial charge in [-0.05, 0) is 72.3 Å². The third-order valence-corrected chi connectivity index (χ3v) is 9.13. The third-order valence-electron chi connectivity index (χ3n) is 5.88. The number of aromatic nitrogens is 1. The van der Waals surface area contributed by atoms with Crippen molar-refractivity contribution in [1.82, 2.24) is 4.57 Å². The second-order valence-electron chi connectivity index (χ2n) is 8.23. The van der Waals surface area contributed by atoms with Crippen molar-refractivity contribution in [3.8, 4) is 5.69 Å². The zero-order valence-electron chi connectivity index (χ0n) is 18.0. The molecule has 0 aliphatic carbocycles. The predicted octanol–water partition coefficient (Wildman–Crippen LogP) is 3.91. The molecule has 0 spiro atoms. The van der Waals surface area contributed by atoms with Crippen molar-refractivity contribution < 1.29 is 13.2 Å². The quantitative estimate of drug-likeness (QED) is 0.454. The Morgan fingerprint density at radius 1 is 1.03 bits per heavy atom. The summed E-state index contributed by atoms with van der Waals surface area (Å²) in [5, 5.41) is 4.98. The predicted molar refractivity (Wildman–Crippen MR) is 132 cm³/mol. The molecule has 0 bridgehead atoms. The van der Waals surface area contributed by atoms with Crippen LogP contribution in [0.15, 0.2) is 69.8 Å². The van der Waals surface area contributed by atoms with Crippen molar-refractivity contribution in [3.63, 3.8) is 0 Å². The van der Waals surface area contributed by atoms with Gasteiger partial charge in [0.2, 0.25) is 0 Å². The molecule has 1 N–H and O–H groups in total. The first-order valence-electron chi connectivity index (χ1n) is 10.6. The Labute approximate surface area is 195 Å². The molecule has 0 fully saturated rings. The number of rotatable bonds is 6. The van der Waals surface area contributed by atoms with Crippen molar-refractivity contribution in [2.45, 2.75) is 24.0 Å². The van der Waals surface area contributed by atoms with Crippen LogP contribution >= 0.6 is 11.3 Å². The number of ketones is 1. The Hall–Kier alpha value is -3.23. The highest BCUT2D eigenvalue weighted by Crippen LogP contribution is 2.29. The summed E-state index contributed by atoms with van der Waals surface area (Å²) < 4.78 is 26.7. The van der Waals surface area contributed by atoms with Crippen LogP contribution in [-0.4, -0.2) is 31.1 Å². The van der Waals surface area contributed by atoms with E-state index in [9.17, 15) is 18.0 Å². The van der Waals surface area contributed by atoms with Crippen LogP contribution in [-0.2, 0) is 27.5 Å². The molecule has 33 heavy (non-hydrogen) atoms. The summed E-state index contributed by atoms with van der Waals surface area (Å²) in [6, 6.07) is 16.1. The number of aryl methyl sites for hydroxylation is 1. The number of carbonyl (C=O) groups is 1. The van der Waals surface area contributed by atoms with Crippen LogP contribution in [0.2, 0.25) is 0 Å². The molecule has 8 heteroatoms. The maximum atomic E-state index is 13.1. The third kappa shape index (κ3) is 4.12. The van der Waals surface area contributed by atoms with E-state index in [0.717, 1.165) is 28.9 Å². The van der Waals surface area contributed by atoms with Gasteiger partial charge < -0.3 is 5.32 Å². The molecule has 0 radical (unpaired) electrons. The average molecular weight is 479 g/mol. The van der Waals surface area contributed by atoms with Gasteiger partial charge in [-0.2, -0.15) is 0 Å². The number of thiophene rings is 1. The number of hydrogen-bond donors (Lipinski definition) is 1. The molecule has 0 amide bonds. The van der Waals surface area contributed by atoms with E-state index in [1.165, 1.54) is 16.9 Å². The Morgan fingerprint density at radius 3 is 2.55 bits per heavy atom. The first kappa shape index (κ1) is 21.6. The smallest absolute Gasteiger partial charge is 0.262 e. The molecule has 5 rings (SSSR count). The summed E-state index contributed by atoms with van der Waals surface area (Å²) in [5.41, 5.74) is 3.57. The number of nitrogens with one attached hydrogen (secondary N) is 1. The van der Waals surface area contributed by atoms with E-state index in [-0.39, 0.29) is 22.0 Å². The van der Waals surface area contributed by atoms with Gasteiger partial charge >= 0.3 is 0 Å². The summed E-state index contributed by atoms with van der Waals surface area (Å²) >= 11 is 1.17. The number of pyridine rings is 1. The highest BCUT2D eigenvalue weighted by molar-refractivity contribution is 7.94. The molecule has 0 atom stereocenters. The van der Waals surface area contributed by atoms with Crippen LogP contribution in [0.5, 0.6) is 0 Å². The van der Waals surface area contributed by atoms with Crippen LogP contribution in [0.1, 0.15) is 16.0 Å². The number of fused-ring (bicyclic) bond motifs is 3. The minimum absolute atomic E-state index is 0.0234. The van der Waals surface area contributed by atoms with Crippen LogP contribution in [0.25, 0.3) is 16.5 Å². The summed E-state index contributed by atoms with van der Waals surface area (Å²) in [6.07, 6.45) is 2.70. The van der Waals surface area contributed by atoms with Crippen molar-refractivity contribution >= 4 is 43.4 Å². The number of benzene rings is 2. The van der Waals surface area contributed by atoms with Gasteiger partial charge in [-0.3, -0.25) is 14.2 Å². The lowest BCUT2D eigenvalue weighted by atomic mass is 10.0.